The first kappa shape index (κ1) is 28.0. The van der Waals surface area contributed by atoms with E-state index in [1.165, 1.54) is 23.9 Å². The van der Waals surface area contributed by atoms with Gasteiger partial charge in [0, 0.05) is 42.4 Å². The van der Waals surface area contributed by atoms with Crippen LogP contribution in [-0.2, 0) is 14.3 Å². The Balaban J connectivity index is 1.26. The van der Waals surface area contributed by atoms with Crippen LogP contribution >= 0.6 is 23.4 Å². The van der Waals surface area contributed by atoms with Crippen molar-refractivity contribution in [1.82, 2.24) is 20.0 Å². The SMILES string of the molecule is CCOC(=O)N1CCC(N2CCC2C(=O)N2CC(Sc3ccc(F)cc3Cl)CC2C(=O)NC2(C#N)CC2)CC1. The molecule has 3 atom stereocenters. The lowest BCUT2D eigenvalue weighted by atomic mass is 9.93. The molecule has 210 valence electrons. The van der Waals surface area contributed by atoms with Gasteiger partial charge in [0.1, 0.15) is 17.4 Å². The predicted octanol–water partition coefficient (Wildman–Crippen LogP) is 3.41. The van der Waals surface area contributed by atoms with E-state index in [9.17, 15) is 24.0 Å². The number of piperidine rings is 1. The van der Waals surface area contributed by atoms with Crippen molar-refractivity contribution < 1.29 is 23.5 Å². The van der Waals surface area contributed by atoms with E-state index in [-0.39, 0.29) is 35.2 Å². The largest absolute Gasteiger partial charge is 0.450 e. The molecular weight excluding hydrogens is 545 g/mol. The molecule has 3 unspecified atom stereocenters. The molecule has 39 heavy (non-hydrogen) atoms. The predicted molar refractivity (Wildman–Crippen MR) is 144 cm³/mol. The van der Waals surface area contributed by atoms with Gasteiger partial charge in [-0.1, -0.05) is 11.6 Å². The third-order valence-electron chi connectivity index (χ3n) is 8.17. The van der Waals surface area contributed by atoms with Crippen LogP contribution in [0.25, 0.3) is 0 Å². The molecule has 0 aromatic heterocycles. The van der Waals surface area contributed by atoms with Crippen LogP contribution in [0.15, 0.2) is 23.1 Å². The zero-order chi connectivity index (χ0) is 27.7. The summed E-state index contributed by atoms with van der Waals surface area (Å²) in [7, 11) is 0. The fourth-order valence-electron chi connectivity index (χ4n) is 5.73. The van der Waals surface area contributed by atoms with Gasteiger partial charge < -0.3 is 19.9 Å². The van der Waals surface area contributed by atoms with Crippen LogP contribution in [0.2, 0.25) is 5.02 Å². The number of nitriles is 1. The molecule has 3 aliphatic heterocycles. The van der Waals surface area contributed by atoms with Gasteiger partial charge in [0.2, 0.25) is 11.8 Å². The third kappa shape index (κ3) is 5.98. The van der Waals surface area contributed by atoms with E-state index in [4.69, 9.17) is 16.3 Å². The molecule has 1 N–H and O–H groups in total. The van der Waals surface area contributed by atoms with Crippen molar-refractivity contribution in [2.24, 2.45) is 0 Å². The number of nitrogens with zero attached hydrogens (tertiary/aromatic N) is 4. The minimum absolute atomic E-state index is 0.0793. The first-order valence-corrected chi connectivity index (χ1v) is 14.8. The quantitative estimate of drug-likeness (QED) is 0.529. The molecule has 0 spiro atoms. The smallest absolute Gasteiger partial charge is 0.409 e. The molecule has 3 amide bonds. The summed E-state index contributed by atoms with van der Waals surface area (Å²) in [6.07, 6.45) is 3.58. The van der Waals surface area contributed by atoms with Crippen molar-refractivity contribution in [3.8, 4) is 6.07 Å². The van der Waals surface area contributed by atoms with Crippen molar-refractivity contribution in [3.63, 3.8) is 0 Å². The molecule has 0 bridgehead atoms. The van der Waals surface area contributed by atoms with Gasteiger partial charge >= 0.3 is 6.09 Å². The Morgan fingerprint density at radius 3 is 2.54 bits per heavy atom. The maximum Gasteiger partial charge on any atom is 0.409 e. The van der Waals surface area contributed by atoms with Crippen molar-refractivity contribution in [3.05, 3.63) is 29.0 Å². The third-order valence-corrected chi connectivity index (χ3v) is 9.88. The Kier molecular flexibility index (Phi) is 8.26. The van der Waals surface area contributed by atoms with Gasteiger partial charge in [-0.2, -0.15) is 5.26 Å². The summed E-state index contributed by atoms with van der Waals surface area (Å²) in [5, 5.41) is 12.6. The zero-order valence-electron chi connectivity index (χ0n) is 21.9. The van der Waals surface area contributed by atoms with Gasteiger partial charge in [-0.15, -0.1) is 11.8 Å². The van der Waals surface area contributed by atoms with E-state index in [1.54, 1.807) is 22.8 Å². The minimum Gasteiger partial charge on any atom is -0.450 e. The highest BCUT2D eigenvalue weighted by Crippen LogP contribution is 2.40. The Morgan fingerprint density at radius 1 is 1.21 bits per heavy atom. The molecule has 1 aromatic carbocycles. The lowest BCUT2D eigenvalue weighted by Crippen LogP contribution is -2.63. The van der Waals surface area contributed by atoms with E-state index in [1.807, 2.05) is 0 Å². The lowest BCUT2D eigenvalue weighted by Gasteiger charge is -2.48. The number of rotatable bonds is 7. The number of hydrogen-bond acceptors (Lipinski definition) is 7. The number of hydrogen-bond donors (Lipinski definition) is 1. The molecule has 1 aromatic rings. The summed E-state index contributed by atoms with van der Waals surface area (Å²) in [6.45, 7) is 4.46. The molecule has 3 saturated heterocycles. The highest BCUT2D eigenvalue weighted by atomic mass is 35.5. The summed E-state index contributed by atoms with van der Waals surface area (Å²) < 4.78 is 18.7. The first-order valence-electron chi connectivity index (χ1n) is 13.6. The van der Waals surface area contributed by atoms with Crippen LogP contribution in [0.3, 0.4) is 0 Å². The number of thioether (sulfide) groups is 1. The van der Waals surface area contributed by atoms with Crippen molar-refractivity contribution in [2.45, 2.75) is 79.3 Å². The lowest BCUT2D eigenvalue weighted by molar-refractivity contribution is -0.148. The number of ether oxygens (including phenoxy) is 1. The number of amides is 3. The Morgan fingerprint density at radius 2 is 1.95 bits per heavy atom. The summed E-state index contributed by atoms with van der Waals surface area (Å²) in [4.78, 5) is 45.6. The average molecular weight is 578 g/mol. The van der Waals surface area contributed by atoms with Crippen LogP contribution in [0.5, 0.6) is 0 Å². The van der Waals surface area contributed by atoms with Crippen LogP contribution in [0.4, 0.5) is 9.18 Å². The van der Waals surface area contributed by atoms with E-state index >= 15 is 0 Å². The van der Waals surface area contributed by atoms with Gasteiger partial charge in [-0.3, -0.25) is 14.5 Å². The van der Waals surface area contributed by atoms with E-state index < -0.39 is 17.4 Å². The highest BCUT2D eigenvalue weighted by molar-refractivity contribution is 8.00. The van der Waals surface area contributed by atoms with Gasteiger partial charge in [-0.25, -0.2) is 9.18 Å². The zero-order valence-corrected chi connectivity index (χ0v) is 23.5. The Labute approximate surface area is 236 Å². The van der Waals surface area contributed by atoms with Crippen molar-refractivity contribution >= 4 is 41.3 Å². The molecule has 9 nitrogen and oxygen atoms in total. The van der Waals surface area contributed by atoms with E-state index in [0.29, 0.717) is 61.8 Å². The van der Waals surface area contributed by atoms with Crippen molar-refractivity contribution in [2.75, 3.05) is 32.8 Å². The second-order valence-electron chi connectivity index (χ2n) is 10.7. The number of likely N-dealkylation sites (tertiary alicyclic amines) is 3. The second-order valence-corrected chi connectivity index (χ2v) is 12.4. The van der Waals surface area contributed by atoms with Gasteiger partial charge in [0.15, 0.2) is 0 Å². The average Bonchev–Trinajstić information content (AvgIpc) is 3.53. The molecule has 4 fully saturated rings. The molecule has 3 heterocycles. The summed E-state index contributed by atoms with van der Waals surface area (Å²) >= 11 is 7.70. The van der Waals surface area contributed by atoms with E-state index in [0.717, 1.165) is 19.4 Å². The summed E-state index contributed by atoms with van der Waals surface area (Å²) in [5.41, 5.74) is -0.827. The molecule has 4 aliphatic rings. The molecule has 0 radical (unpaired) electrons. The second kappa shape index (κ2) is 11.5. The highest BCUT2D eigenvalue weighted by Gasteiger charge is 2.50. The van der Waals surface area contributed by atoms with Gasteiger partial charge in [0.05, 0.1) is 23.7 Å². The maximum absolute atomic E-state index is 13.9. The molecular formula is C27H33ClFN5O4S. The summed E-state index contributed by atoms with van der Waals surface area (Å²) in [6, 6.07) is 5.60. The van der Waals surface area contributed by atoms with Gasteiger partial charge in [-0.05, 0) is 63.6 Å². The van der Waals surface area contributed by atoms with Crippen LogP contribution in [0.1, 0.15) is 45.4 Å². The van der Waals surface area contributed by atoms with Crippen molar-refractivity contribution in [1.29, 1.82) is 5.26 Å². The monoisotopic (exact) mass is 577 g/mol. The number of nitrogens with one attached hydrogen (secondary N) is 1. The standard InChI is InChI=1S/C27H33ClFN5O4S/c1-2-38-26(37)32-10-5-18(6-11-32)33-12-7-21(33)25(36)34-15-19(39-23-4-3-17(29)13-20(23)28)14-22(34)24(35)31-27(16-30)8-9-27/h3-4,13,18-19,21-22H,2,5-12,14-15H2,1H3,(H,31,35). The number of carbonyl (C=O) groups excluding carboxylic acids is 3. The maximum atomic E-state index is 13.9. The van der Waals surface area contributed by atoms with Crippen LogP contribution in [-0.4, -0.2) is 94.3 Å². The summed E-state index contributed by atoms with van der Waals surface area (Å²) in [5.74, 6) is -0.803. The Bertz CT molecular complexity index is 1170. The first-order chi connectivity index (χ1) is 18.7. The fraction of sp³-hybridized carbons (Fsp3) is 0.630. The normalized spacial score (nSPS) is 26.5. The molecule has 5 rings (SSSR count). The molecule has 12 heteroatoms. The number of carbonyl (C=O) groups is 3. The number of halogens is 2. The van der Waals surface area contributed by atoms with Crippen LogP contribution in [0, 0.1) is 17.1 Å². The van der Waals surface area contributed by atoms with Crippen LogP contribution < -0.4 is 5.32 Å². The van der Waals surface area contributed by atoms with E-state index in [2.05, 4.69) is 16.3 Å². The number of benzene rings is 1. The fourth-order valence-corrected chi connectivity index (χ4v) is 7.22. The van der Waals surface area contributed by atoms with Gasteiger partial charge in [0.25, 0.3) is 0 Å². The molecule has 1 saturated carbocycles. The minimum atomic E-state index is -0.827. The molecule has 1 aliphatic carbocycles. The topological polar surface area (TPSA) is 106 Å². The Hall–Kier alpha value is -2.55.